The predicted molar refractivity (Wildman–Crippen MR) is 108 cm³/mol. The van der Waals surface area contributed by atoms with Crippen LogP contribution in [-0.2, 0) is 11.3 Å². The molecule has 0 aliphatic rings. The zero-order chi connectivity index (χ0) is 22.5. The van der Waals surface area contributed by atoms with Crippen LogP contribution >= 0.6 is 11.6 Å². The highest BCUT2D eigenvalue weighted by molar-refractivity contribution is 6.30. The van der Waals surface area contributed by atoms with E-state index in [9.17, 15) is 23.9 Å². The number of hydrazine groups is 1. The van der Waals surface area contributed by atoms with Crippen LogP contribution in [0.2, 0.25) is 5.02 Å². The van der Waals surface area contributed by atoms with Gasteiger partial charge in [-0.3, -0.25) is 15.0 Å². The number of aliphatic hydroxyl groups excluding tert-OH is 1. The topological polar surface area (TPSA) is 136 Å². The number of aromatic amines is 1. The quantitative estimate of drug-likeness (QED) is 0.386. The molecule has 3 aromatic rings. The number of carbonyl (C=O) groups is 2. The van der Waals surface area contributed by atoms with Crippen LogP contribution in [0.5, 0.6) is 0 Å². The number of hydrogen-bond donors (Lipinski definition) is 4. The average molecular weight is 450 g/mol. The van der Waals surface area contributed by atoms with E-state index in [-0.39, 0.29) is 17.3 Å². The molecule has 0 bridgehead atoms. The predicted octanol–water partition coefficient (Wildman–Crippen LogP) is 2.02. The van der Waals surface area contributed by atoms with Crippen LogP contribution in [0.15, 0.2) is 57.8 Å². The van der Waals surface area contributed by atoms with E-state index in [1.165, 1.54) is 17.1 Å². The summed E-state index contributed by atoms with van der Waals surface area (Å²) in [4.78, 5) is 34.4. The Morgan fingerprint density at radius 3 is 2.45 bits per heavy atom. The Bertz CT molecular complexity index is 1120. The number of H-pyrrole nitrogens is 1. The monoisotopic (exact) mass is 449 g/mol. The molecule has 9 nitrogen and oxygen atoms in total. The second kappa shape index (κ2) is 9.56. The van der Waals surface area contributed by atoms with E-state index < -0.39 is 35.9 Å². The molecule has 0 saturated heterocycles. The first-order valence-electron chi connectivity index (χ1n) is 8.92. The highest BCUT2D eigenvalue weighted by atomic mass is 35.5. The maximum absolute atomic E-state index is 13.6. The Labute approximate surface area is 179 Å². The molecule has 31 heavy (non-hydrogen) atoms. The largest absolute Gasteiger partial charge is 0.479 e. The lowest BCUT2D eigenvalue weighted by molar-refractivity contribution is -0.148. The van der Waals surface area contributed by atoms with Crippen LogP contribution in [0.25, 0.3) is 11.1 Å². The highest BCUT2D eigenvalue weighted by Crippen LogP contribution is 2.25. The van der Waals surface area contributed by atoms with E-state index in [4.69, 9.17) is 21.2 Å². The lowest BCUT2D eigenvalue weighted by Crippen LogP contribution is -2.47. The molecule has 0 saturated carbocycles. The maximum atomic E-state index is 13.6. The third-order valence-corrected chi connectivity index (χ3v) is 4.43. The number of aromatic nitrogens is 1. The van der Waals surface area contributed by atoms with E-state index in [0.29, 0.717) is 16.7 Å². The van der Waals surface area contributed by atoms with Gasteiger partial charge in [0.1, 0.15) is 5.82 Å². The summed E-state index contributed by atoms with van der Waals surface area (Å²) < 4.78 is 18.3. The van der Waals surface area contributed by atoms with Crippen LogP contribution in [0.1, 0.15) is 16.1 Å². The molecule has 1 heterocycles. The number of aliphatic carboxylic acids is 1. The van der Waals surface area contributed by atoms with Crippen molar-refractivity contribution in [2.45, 2.75) is 12.6 Å². The number of aliphatic hydroxyl groups is 1. The Kier molecular flexibility index (Phi) is 6.85. The van der Waals surface area contributed by atoms with Crippen molar-refractivity contribution in [1.29, 1.82) is 0 Å². The minimum atomic E-state index is -1.77. The van der Waals surface area contributed by atoms with Gasteiger partial charge in [0.15, 0.2) is 6.10 Å². The SMILES string of the molecule is O=C(NN(Cc1ccc(-c2cc(F)cc(Cl)c2)cc1)CC(O)C(=O)O)c1cc(=O)[nH]o1. The highest BCUT2D eigenvalue weighted by Gasteiger charge is 2.22. The minimum absolute atomic E-state index is 0.0227. The summed E-state index contributed by atoms with van der Waals surface area (Å²) >= 11 is 5.89. The number of rotatable bonds is 8. The van der Waals surface area contributed by atoms with Crippen molar-refractivity contribution in [3.63, 3.8) is 0 Å². The summed E-state index contributed by atoms with van der Waals surface area (Å²) in [5.41, 5.74) is 3.70. The number of amides is 1. The molecule has 0 spiro atoms. The van der Waals surface area contributed by atoms with Crippen molar-refractivity contribution >= 4 is 23.5 Å². The number of nitrogens with one attached hydrogen (secondary N) is 2. The van der Waals surface area contributed by atoms with Crippen LogP contribution in [0, 0.1) is 5.82 Å². The van der Waals surface area contributed by atoms with Crippen LogP contribution in [0.3, 0.4) is 0 Å². The molecule has 0 aliphatic heterocycles. The van der Waals surface area contributed by atoms with E-state index in [2.05, 4.69) is 5.43 Å². The number of benzene rings is 2. The zero-order valence-corrected chi connectivity index (χ0v) is 16.6. The first kappa shape index (κ1) is 22.2. The molecule has 3 rings (SSSR count). The zero-order valence-electron chi connectivity index (χ0n) is 15.8. The molecule has 0 aliphatic carbocycles. The normalized spacial score (nSPS) is 12.0. The van der Waals surface area contributed by atoms with E-state index in [1.807, 2.05) is 5.16 Å². The molecule has 11 heteroatoms. The standard InChI is InChI=1S/C20H17ClFN3O6/c21-14-5-13(6-15(22)7-14)12-3-1-11(2-4-12)9-25(10-16(26)20(29)30)23-19(28)17-8-18(27)24-31-17/h1-8,16,26H,9-10H2,(H,23,28)(H,24,27)(H,29,30). The molecule has 4 N–H and O–H groups in total. The number of nitrogens with zero attached hydrogens (tertiary/aromatic N) is 1. The smallest absolute Gasteiger partial charge is 0.333 e. The summed E-state index contributed by atoms with van der Waals surface area (Å²) in [6.45, 7) is -0.411. The van der Waals surface area contributed by atoms with Gasteiger partial charge in [0, 0.05) is 11.6 Å². The van der Waals surface area contributed by atoms with Crippen LogP contribution in [0.4, 0.5) is 4.39 Å². The van der Waals surface area contributed by atoms with E-state index in [0.717, 1.165) is 6.07 Å². The number of carbonyl (C=O) groups excluding carboxylic acids is 1. The lowest BCUT2D eigenvalue weighted by atomic mass is 10.0. The fraction of sp³-hybridized carbons (Fsp3) is 0.150. The van der Waals surface area contributed by atoms with Crippen molar-refractivity contribution in [3.8, 4) is 11.1 Å². The minimum Gasteiger partial charge on any atom is -0.479 e. The Morgan fingerprint density at radius 2 is 1.87 bits per heavy atom. The molecule has 1 aromatic heterocycles. The summed E-state index contributed by atoms with van der Waals surface area (Å²) in [5.74, 6) is -3.05. The van der Waals surface area contributed by atoms with Gasteiger partial charge in [0.25, 0.3) is 5.56 Å². The number of carboxylic acids is 1. The Hall–Kier alpha value is -3.47. The molecule has 2 aromatic carbocycles. The summed E-state index contributed by atoms with van der Waals surface area (Å²) in [7, 11) is 0. The van der Waals surface area contributed by atoms with Gasteiger partial charge < -0.3 is 14.7 Å². The fourth-order valence-corrected chi connectivity index (χ4v) is 3.00. The average Bonchev–Trinajstić information content (AvgIpc) is 3.14. The first-order chi connectivity index (χ1) is 14.7. The third kappa shape index (κ3) is 6.01. The molecule has 1 atom stereocenters. The maximum Gasteiger partial charge on any atom is 0.333 e. The second-order valence-corrected chi connectivity index (χ2v) is 7.04. The molecule has 1 amide bonds. The lowest BCUT2D eigenvalue weighted by Gasteiger charge is -2.24. The van der Waals surface area contributed by atoms with Gasteiger partial charge in [-0.2, -0.15) is 5.16 Å². The first-order valence-corrected chi connectivity index (χ1v) is 9.30. The molecular formula is C20H17ClFN3O6. The Balaban J connectivity index is 1.77. The van der Waals surface area contributed by atoms with Gasteiger partial charge in [0.2, 0.25) is 5.76 Å². The van der Waals surface area contributed by atoms with Crippen molar-refractivity contribution < 1.29 is 28.7 Å². The molecule has 0 radical (unpaired) electrons. The van der Waals surface area contributed by atoms with Crippen LogP contribution < -0.4 is 11.0 Å². The molecular weight excluding hydrogens is 433 g/mol. The second-order valence-electron chi connectivity index (χ2n) is 6.61. The molecule has 162 valence electrons. The van der Waals surface area contributed by atoms with Gasteiger partial charge >= 0.3 is 11.9 Å². The number of halogens is 2. The summed E-state index contributed by atoms with van der Waals surface area (Å²) in [5, 5.41) is 22.0. The van der Waals surface area contributed by atoms with Crippen LogP contribution in [-0.4, -0.2) is 44.9 Å². The van der Waals surface area contributed by atoms with Crippen molar-refractivity contribution in [3.05, 3.63) is 81.0 Å². The molecule has 1 unspecified atom stereocenters. The number of hydrogen-bond acceptors (Lipinski definition) is 6. The van der Waals surface area contributed by atoms with Crippen molar-refractivity contribution in [1.82, 2.24) is 15.6 Å². The fourth-order valence-electron chi connectivity index (χ4n) is 2.77. The van der Waals surface area contributed by atoms with Gasteiger partial charge in [-0.1, -0.05) is 35.9 Å². The number of carboxylic acid groups (broad SMARTS) is 1. The van der Waals surface area contributed by atoms with Gasteiger partial charge in [0.05, 0.1) is 12.6 Å². The van der Waals surface area contributed by atoms with Gasteiger partial charge in [-0.15, -0.1) is 0 Å². The molecule has 0 fully saturated rings. The van der Waals surface area contributed by atoms with E-state index in [1.54, 1.807) is 30.3 Å². The van der Waals surface area contributed by atoms with Crippen molar-refractivity contribution in [2.75, 3.05) is 6.54 Å². The Morgan fingerprint density at radius 1 is 1.16 bits per heavy atom. The third-order valence-electron chi connectivity index (χ3n) is 4.21. The van der Waals surface area contributed by atoms with Crippen molar-refractivity contribution in [2.24, 2.45) is 0 Å². The summed E-state index contributed by atoms with van der Waals surface area (Å²) in [6.07, 6.45) is -1.77. The van der Waals surface area contributed by atoms with Gasteiger partial charge in [-0.25, -0.2) is 14.2 Å². The van der Waals surface area contributed by atoms with Gasteiger partial charge in [-0.05, 0) is 34.9 Å². The van der Waals surface area contributed by atoms with E-state index >= 15 is 0 Å². The summed E-state index contributed by atoms with van der Waals surface area (Å²) in [6, 6.07) is 11.9.